The first-order valence-corrected chi connectivity index (χ1v) is 26.5. The summed E-state index contributed by atoms with van der Waals surface area (Å²) in [5.74, 6) is 0.520. The van der Waals surface area contributed by atoms with Gasteiger partial charge in [-0.1, -0.05) is 61.0 Å². The van der Waals surface area contributed by atoms with Crippen molar-refractivity contribution in [1.29, 1.82) is 5.26 Å². The van der Waals surface area contributed by atoms with E-state index in [9.17, 15) is 10.1 Å². The molecule has 2 aromatic heterocycles. The summed E-state index contributed by atoms with van der Waals surface area (Å²) in [5.41, 5.74) is 11.1. The molecule has 4 aliphatic rings. The van der Waals surface area contributed by atoms with Crippen LogP contribution in [0.2, 0.25) is 0 Å². The Bertz CT molecular complexity index is 3090. The van der Waals surface area contributed by atoms with E-state index in [1.807, 2.05) is 109 Å². The molecule has 4 aromatic carbocycles. The summed E-state index contributed by atoms with van der Waals surface area (Å²) in [6.07, 6.45) is 5.20. The summed E-state index contributed by atoms with van der Waals surface area (Å²) in [6.45, 7) is 16.3. The van der Waals surface area contributed by atoms with E-state index >= 15 is 9.59 Å². The second-order valence-electron chi connectivity index (χ2n) is 21.4. The van der Waals surface area contributed by atoms with Crippen molar-refractivity contribution in [2.45, 2.75) is 91.0 Å². The minimum atomic E-state index is -0.238. The van der Waals surface area contributed by atoms with Crippen molar-refractivity contribution in [2.24, 2.45) is 14.1 Å². The zero-order chi connectivity index (χ0) is 51.7. The van der Waals surface area contributed by atoms with Gasteiger partial charge in [0.25, 0.3) is 11.8 Å². The van der Waals surface area contributed by atoms with Crippen molar-refractivity contribution in [3.8, 4) is 23.1 Å². The fourth-order valence-electron chi connectivity index (χ4n) is 11.6. The number of likely N-dealkylation sites (tertiary alicyclic amines) is 1. The summed E-state index contributed by atoms with van der Waals surface area (Å²) in [6, 6.07) is 36.0. The van der Waals surface area contributed by atoms with Gasteiger partial charge < -0.3 is 33.3 Å². The van der Waals surface area contributed by atoms with Crippen molar-refractivity contribution in [1.82, 2.24) is 28.7 Å². The average Bonchev–Trinajstić information content (AvgIpc) is 3.87. The molecule has 384 valence electrons. The van der Waals surface area contributed by atoms with Crippen LogP contribution >= 0.6 is 0 Å². The SMILES string of the molecule is Cc1c(N(C(=O)c2cc(-c3cc4c(cc3C(=O)N3Cc5ccccc5CC3CN3CCCCC3)CN(C(=O)Cc3ccc(OCCN5CCOC(C)(C)C5)cc3)CC4)n(C)c2C)c2ccccc2)cc(C#N)n1C. The molecular weight excluding hydrogens is 925 g/mol. The lowest BCUT2D eigenvalue weighted by Crippen LogP contribution is -2.51. The number of hydrogen-bond donors (Lipinski definition) is 0. The lowest BCUT2D eigenvalue weighted by Gasteiger charge is -2.41. The predicted molar refractivity (Wildman–Crippen MR) is 289 cm³/mol. The molecule has 0 bridgehead atoms. The number of carbonyl (C=O) groups excluding carboxylic acids is 3. The van der Waals surface area contributed by atoms with E-state index in [-0.39, 0.29) is 35.8 Å². The second-order valence-corrected chi connectivity index (χ2v) is 21.4. The Morgan fingerprint density at radius 3 is 2.24 bits per heavy atom. The van der Waals surface area contributed by atoms with Crippen molar-refractivity contribution in [3.05, 3.63) is 159 Å². The number of piperidine rings is 1. The van der Waals surface area contributed by atoms with Gasteiger partial charge in [0.15, 0.2) is 0 Å². The number of carbonyl (C=O) groups is 3. The third kappa shape index (κ3) is 10.5. The molecule has 2 saturated heterocycles. The number of ether oxygens (including phenoxy) is 2. The molecule has 1 atom stereocenters. The lowest BCUT2D eigenvalue weighted by molar-refractivity contribution is -0.131. The highest BCUT2D eigenvalue weighted by atomic mass is 16.5. The fraction of sp³-hybridized carbons (Fsp3) is 0.410. The Labute approximate surface area is 436 Å². The number of amides is 3. The van der Waals surface area contributed by atoms with Crippen molar-refractivity contribution in [2.75, 3.05) is 63.9 Å². The van der Waals surface area contributed by atoms with E-state index in [1.54, 1.807) is 11.0 Å². The van der Waals surface area contributed by atoms with E-state index in [4.69, 9.17) is 9.47 Å². The molecule has 0 saturated carbocycles. The Balaban J connectivity index is 0.966. The van der Waals surface area contributed by atoms with Crippen LogP contribution in [0.1, 0.15) is 98.7 Å². The van der Waals surface area contributed by atoms with Crippen molar-refractivity contribution in [3.63, 3.8) is 0 Å². The van der Waals surface area contributed by atoms with Crippen LogP contribution in [0.25, 0.3) is 11.3 Å². The van der Waals surface area contributed by atoms with Crippen molar-refractivity contribution >= 4 is 29.1 Å². The number of benzene rings is 4. The monoisotopic (exact) mass is 995 g/mol. The molecule has 10 rings (SSSR count). The number of nitriles is 1. The van der Waals surface area contributed by atoms with Gasteiger partial charge in [-0.2, -0.15) is 5.26 Å². The minimum Gasteiger partial charge on any atom is -0.492 e. The van der Waals surface area contributed by atoms with Gasteiger partial charge in [-0.05, 0) is 143 Å². The summed E-state index contributed by atoms with van der Waals surface area (Å²) in [5, 5.41) is 10.0. The maximum Gasteiger partial charge on any atom is 0.264 e. The summed E-state index contributed by atoms with van der Waals surface area (Å²) < 4.78 is 15.8. The molecule has 13 nitrogen and oxygen atoms in total. The Kier molecular flexibility index (Phi) is 14.7. The number of rotatable bonds is 13. The first-order valence-electron chi connectivity index (χ1n) is 26.5. The Morgan fingerprint density at radius 2 is 1.51 bits per heavy atom. The van der Waals surface area contributed by atoms with E-state index < -0.39 is 0 Å². The van der Waals surface area contributed by atoms with Crippen molar-refractivity contribution < 1.29 is 23.9 Å². The molecule has 74 heavy (non-hydrogen) atoms. The van der Waals surface area contributed by atoms with Gasteiger partial charge in [0.2, 0.25) is 5.91 Å². The predicted octanol–water partition coefficient (Wildman–Crippen LogP) is 9.17. The molecular formula is C61H70N8O5. The van der Waals surface area contributed by atoms with E-state index in [0.29, 0.717) is 60.9 Å². The van der Waals surface area contributed by atoms with Crippen LogP contribution in [0.5, 0.6) is 5.75 Å². The van der Waals surface area contributed by atoms with Gasteiger partial charge in [0.05, 0.1) is 29.9 Å². The van der Waals surface area contributed by atoms with Gasteiger partial charge in [-0.25, -0.2) is 0 Å². The molecule has 4 aliphatic heterocycles. The highest BCUT2D eigenvalue weighted by Crippen LogP contribution is 2.38. The molecule has 0 N–H and O–H groups in total. The molecule has 1 unspecified atom stereocenters. The summed E-state index contributed by atoms with van der Waals surface area (Å²) >= 11 is 0. The maximum atomic E-state index is 15.8. The standard InChI is InChI=1S/C61H70N8O5/c1-42-53(60(72)69(49-17-9-7-10-18-49)56-35-50(37-62)63(5)43(56)2)36-57(64(42)6)54-33-46-23-26-67(58(70)31-44-19-21-52(22-20-44)73-29-27-66-28-30-74-61(3,4)41-66)38-48(46)34-55(54)59(71)68-39-47-16-12-11-15-45(47)32-51(68)40-65-24-13-8-14-25-65/h7,9-12,15-22,33-36,51H,8,13-14,23-32,38-41H2,1-6H3. The largest absolute Gasteiger partial charge is 0.492 e. The zero-order valence-electron chi connectivity index (χ0n) is 44.0. The normalized spacial score (nSPS) is 17.8. The topological polar surface area (TPSA) is 120 Å². The average molecular weight is 995 g/mol. The van der Waals surface area contributed by atoms with Crippen LogP contribution in [-0.2, 0) is 56.0 Å². The quantitative estimate of drug-likeness (QED) is 0.112. The van der Waals surface area contributed by atoms with Gasteiger partial charge >= 0.3 is 0 Å². The molecule has 6 heterocycles. The number of hydrogen-bond acceptors (Lipinski definition) is 8. The van der Waals surface area contributed by atoms with E-state index in [1.165, 1.54) is 12.0 Å². The smallest absolute Gasteiger partial charge is 0.264 e. The molecule has 0 aliphatic carbocycles. The van der Waals surface area contributed by atoms with Gasteiger partial charge in [-0.15, -0.1) is 0 Å². The van der Waals surface area contributed by atoms with Crippen LogP contribution < -0.4 is 9.64 Å². The fourth-order valence-corrected chi connectivity index (χ4v) is 11.6. The van der Waals surface area contributed by atoms with Crippen LogP contribution in [0, 0.1) is 25.2 Å². The molecule has 13 heteroatoms. The second kappa shape index (κ2) is 21.5. The summed E-state index contributed by atoms with van der Waals surface area (Å²) in [4.78, 5) is 55.8. The number of aromatic nitrogens is 2. The lowest BCUT2D eigenvalue weighted by atomic mass is 9.89. The Morgan fingerprint density at radius 1 is 0.770 bits per heavy atom. The molecule has 2 fully saturated rings. The number of fused-ring (bicyclic) bond motifs is 2. The van der Waals surface area contributed by atoms with Gasteiger partial charge in [0.1, 0.15) is 24.1 Å². The molecule has 3 amide bonds. The highest BCUT2D eigenvalue weighted by molar-refractivity contribution is 6.13. The van der Waals surface area contributed by atoms with Crippen LogP contribution in [-0.4, -0.2) is 117 Å². The number of anilines is 2. The van der Waals surface area contributed by atoms with Gasteiger partial charge in [0, 0.05) is 99.8 Å². The molecule has 6 aromatic rings. The van der Waals surface area contributed by atoms with Crippen LogP contribution in [0.15, 0.2) is 103 Å². The van der Waals surface area contributed by atoms with E-state index in [2.05, 4.69) is 64.9 Å². The molecule has 0 spiro atoms. The first kappa shape index (κ1) is 50.5. The van der Waals surface area contributed by atoms with E-state index in [0.717, 1.165) is 116 Å². The number of morpholine rings is 1. The van der Waals surface area contributed by atoms with Crippen LogP contribution in [0.3, 0.4) is 0 Å². The zero-order valence-corrected chi connectivity index (χ0v) is 44.0. The van der Waals surface area contributed by atoms with Crippen LogP contribution in [0.4, 0.5) is 11.4 Å². The maximum absolute atomic E-state index is 15.8. The number of para-hydroxylation sites is 1. The third-order valence-electron chi connectivity index (χ3n) is 16.1. The molecule has 0 radical (unpaired) electrons. The number of nitrogens with zero attached hydrogens (tertiary/aromatic N) is 8. The summed E-state index contributed by atoms with van der Waals surface area (Å²) in [7, 11) is 3.80. The van der Waals surface area contributed by atoms with Gasteiger partial charge in [-0.3, -0.25) is 24.2 Å². The third-order valence-corrected chi connectivity index (χ3v) is 16.1. The Hall–Kier alpha value is -6.98. The highest BCUT2D eigenvalue weighted by Gasteiger charge is 2.36. The first-order chi connectivity index (χ1) is 35.7. The minimum absolute atomic E-state index is 0.0326.